The second kappa shape index (κ2) is 35.4. The fraction of sp³-hybridized carbons (Fsp3) is 0.319. The zero-order valence-electron chi connectivity index (χ0n) is 65.8. The van der Waals surface area contributed by atoms with Crippen LogP contribution in [0.15, 0.2) is 226 Å². The van der Waals surface area contributed by atoms with Gasteiger partial charge >= 0.3 is 0 Å². The van der Waals surface area contributed by atoms with Crippen molar-refractivity contribution in [3.8, 4) is 57.4 Å². The summed E-state index contributed by atoms with van der Waals surface area (Å²) >= 11 is 6.70. The third kappa shape index (κ3) is 15.0. The molecule has 12 nitrogen and oxygen atoms in total. The van der Waals surface area contributed by atoms with Crippen LogP contribution in [0.4, 0.5) is 4.39 Å². The van der Waals surface area contributed by atoms with Gasteiger partial charge in [-0.3, -0.25) is 23.6 Å². The number of hydrogen-bond acceptors (Lipinski definition) is 8. The summed E-state index contributed by atoms with van der Waals surface area (Å²) in [4.78, 5) is 66.2. The van der Waals surface area contributed by atoms with Crippen molar-refractivity contribution in [1.82, 2.24) is 37.9 Å². The number of unbranched alkanes of at least 4 members (excludes halogenated alkanes) is 1. The van der Waals surface area contributed by atoms with Crippen molar-refractivity contribution >= 4 is 114 Å². The number of carbonyl (C=O) groups excluding carboxylic acids is 4. The van der Waals surface area contributed by atoms with Gasteiger partial charge in [-0.05, 0) is 138 Å². The van der Waals surface area contributed by atoms with Crippen molar-refractivity contribution in [3.63, 3.8) is 0 Å². The number of terminal acetylenes is 1. The number of allylic oxidation sites excluding steroid dienone is 1. The van der Waals surface area contributed by atoms with E-state index in [2.05, 4.69) is 217 Å². The highest BCUT2D eigenvalue weighted by Crippen LogP contribution is 2.58. The Kier molecular flexibility index (Phi) is 25.4. The van der Waals surface area contributed by atoms with E-state index in [4.69, 9.17) is 6.42 Å². The fourth-order valence-electron chi connectivity index (χ4n) is 16.6. The maximum Gasteiger partial charge on any atom is 0.240 e. The summed E-state index contributed by atoms with van der Waals surface area (Å²) in [6.45, 7) is 34.5. The molecule has 0 radical (unpaired) electrons. The van der Waals surface area contributed by atoms with Gasteiger partial charge in [-0.2, -0.15) is 0 Å². The second-order valence-electron chi connectivity index (χ2n) is 28.5. The van der Waals surface area contributed by atoms with E-state index in [9.17, 15) is 23.6 Å². The lowest BCUT2D eigenvalue weighted by Crippen LogP contribution is -2.34. The number of benzene rings is 8. The predicted molar refractivity (Wildman–Crippen MR) is 465 cm³/mol. The number of aromatic nitrogens is 4. The summed E-state index contributed by atoms with van der Waals surface area (Å²) < 4.78 is 22.0. The Morgan fingerprint density at radius 1 is 0.405 bits per heavy atom. The number of carbonyl (C=O) groups is 4. The van der Waals surface area contributed by atoms with E-state index in [1.54, 1.807) is 47.0 Å². The van der Waals surface area contributed by atoms with Crippen molar-refractivity contribution < 1.29 is 23.6 Å². The number of rotatable bonds is 20. The van der Waals surface area contributed by atoms with Crippen LogP contribution in [-0.2, 0) is 38.8 Å². The maximum atomic E-state index is 13.5. The molecule has 4 amide bonds. The van der Waals surface area contributed by atoms with Gasteiger partial charge in [0.15, 0.2) is 0 Å². The molecule has 4 atom stereocenters. The van der Waals surface area contributed by atoms with Crippen molar-refractivity contribution in [2.45, 2.75) is 155 Å². The molecule has 4 aromatic heterocycles. The van der Waals surface area contributed by atoms with Crippen molar-refractivity contribution in [2.24, 2.45) is 0 Å². The number of alkyl halides is 1. The topological polar surface area (TPSA) is 101 Å². The Morgan fingerprint density at radius 3 is 1.02 bits per heavy atom. The molecule has 111 heavy (non-hydrogen) atoms. The first-order valence-corrected chi connectivity index (χ1v) is 42.9. The average Bonchev–Trinajstić information content (AvgIpc) is 1.61. The zero-order chi connectivity index (χ0) is 78.3. The highest BCUT2D eigenvalue weighted by atomic mass is 32.2. The van der Waals surface area contributed by atoms with E-state index >= 15 is 0 Å². The number of thioether (sulfide) groups is 4. The van der Waals surface area contributed by atoms with Gasteiger partial charge in [-0.25, -0.2) is 0 Å². The van der Waals surface area contributed by atoms with E-state index < -0.39 is 0 Å². The van der Waals surface area contributed by atoms with Gasteiger partial charge in [0.25, 0.3) is 0 Å². The van der Waals surface area contributed by atoms with Crippen LogP contribution < -0.4 is 0 Å². The van der Waals surface area contributed by atoms with Crippen LogP contribution in [0.25, 0.3) is 88.6 Å². The van der Waals surface area contributed by atoms with Gasteiger partial charge in [-0.1, -0.05) is 164 Å². The number of amides is 4. The van der Waals surface area contributed by atoms with Crippen molar-refractivity contribution in [1.29, 1.82) is 0 Å². The Balaban J connectivity index is 0.000000130. The number of likely N-dealkylation sites (N-methyl/N-ethyl adjacent to an activating group) is 4. The lowest BCUT2D eigenvalue weighted by molar-refractivity contribution is -0.131. The van der Waals surface area contributed by atoms with E-state index in [1.807, 2.05) is 104 Å². The maximum absolute atomic E-state index is 13.5. The van der Waals surface area contributed by atoms with Crippen LogP contribution >= 0.6 is 47.0 Å². The van der Waals surface area contributed by atoms with Gasteiger partial charge in [0.05, 0.1) is 36.0 Å². The molecule has 0 spiro atoms. The highest BCUT2D eigenvalue weighted by Gasteiger charge is 2.42. The molecule has 4 unspecified atom stereocenters. The lowest BCUT2D eigenvalue weighted by Gasteiger charge is -2.30. The standard InChI is InChI=1S/C24H27FN2OS.C24H26N2OS.C23H26N2OS.C23H22N2OS/c1-3-26(4-2)24(28)23-21-17-11-5-7-13-19(17)27(16-10-9-15-25)22(21)18-12-6-8-14-20(18)29-23;1-5-25(6-2)24(27)23-21-17-11-7-9-13-19(17)26(15-16(3)4)22(21)18-12-8-10-14-20(18)28-23;1-5-24(6-2)23(26)22-20-16-11-7-9-13-18(16)25(15(3)4)21(20)17-12-8-10-14-19(17)27-22;1-4-15-25-18-13-9-7-11-16(18)20-21(25)17-12-8-10-14-19(17)27-22(20)23(26)24(5-2)6-3/h5-8,11-14,23H,3-4,9-10,15-16H2,1-2H3;7-14,23H,3,5-6,15H2,1-2,4H3;7-15,22H,5-6H2,1-4H3;1,7-14,22H,5-6,15H2,2-3H3/i25-1;24-1;2*23-1. The average molecular weight is 1550 g/mol. The molecule has 8 aromatic carbocycles. The quantitative estimate of drug-likeness (QED) is 0.0423. The van der Waals surface area contributed by atoms with E-state index in [0.717, 1.165) is 117 Å². The molecule has 0 bridgehead atoms. The molecule has 0 fully saturated rings. The number of fused-ring (bicyclic) bond motifs is 20. The van der Waals surface area contributed by atoms with Gasteiger partial charge in [-0.15, -0.1) is 53.5 Å². The first kappa shape index (κ1) is 79.5. The number of nitrogens with zero attached hydrogens (tertiary/aromatic N) is 8. The third-order valence-corrected chi connectivity index (χ3v) is 26.9. The summed E-state index contributed by atoms with van der Waals surface area (Å²) in [6, 6.07) is 67.5. The molecule has 4 aliphatic heterocycles. The number of hydrogen-bond donors (Lipinski definition) is 0. The summed E-state index contributed by atoms with van der Waals surface area (Å²) in [5.74, 6) is 3.55. The van der Waals surface area contributed by atoms with Crippen LogP contribution in [0.5, 0.6) is 0 Å². The molecule has 12 aromatic rings. The molecule has 0 saturated carbocycles. The Labute approximate surface area is 671 Å². The van der Waals surface area contributed by atoms with Crippen LogP contribution in [0.1, 0.15) is 138 Å². The predicted octanol–water partition coefficient (Wildman–Crippen LogP) is 22.8. The highest BCUT2D eigenvalue weighted by molar-refractivity contribution is 8.01. The van der Waals surface area contributed by atoms with Gasteiger partial charge < -0.3 is 37.9 Å². The Bertz CT molecular complexity index is 5490. The van der Waals surface area contributed by atoms with Crippen LogP contribution in [0.3, 0.4) is 0 Å². The van der Waals surface area contributed by atoms with E-state index in [0.29, 0.717) is 45.2 Å². The monoisotopic (exact) mass is 1550 g/mol. The van der Waals surface area contributed by atoms with Crippen LogP contribution in [0.2, 0.25) is 0 Å². The summed E-state index contributed by atoms with van der Waals surface area (Å²) in [6.07, 6.45) is 7.04. The largest absolute Gasteiger partial charge is 0.342 e. The molecule has 16 rings (SSSR count). The van der Waals surface area contributed by atoms with Crippen molar-refractivity contribution in [3.05, 3.63) is 229 Å². The SMILES string of the molecule is C#CCn1c2c(c3ccccc31)C([11C](=O)N(CC)CC)Sc1ccccc1-2.C=C(C)Cn1c2c(c3ccccc31)C([11C](=O)N(CC)CC)Sc1ccccc1-2.CCN(CC)C(=O)C1Sc2ccccc2-c2c1c1ccccc1n2CCCC[18F].CCN(CC)[11C](=O)C1Sc2ccccc2-c2c1c1ccccc1n2C(C)C. The lowest BCUT2D eigenvalue weighted by atomic mass is 9.83. The molecule has 572 valence electrons. The summed E-state index contributed by atoms with van der Waals surface area (Å²) in [5, 5.41) is 3.71. The van der Waals surface area contributed by atoms with E-state index in [1.165, 1.54) is 65.2 Å². The van der Waals surface area contributed by atoms with E-state index in [-0.39, 0.29) is 51.3 Å². The van der Waals surface area contributed by atoms with Crippen LogP contribution in [0, 0.1) is 12.3 Å². The Hall–Kier alpha value is -9.57. The molecule has 0 N–H and O–H groups in total. The minimum atomic E-state index is -0.295. The first-order valence-electron chi connectivity index (χ1n) is 39.4. The first-order chi connectivity index (χ1) is 54.1. The Morgan fingerprint density at radius 2 is 0.685 bits per heavy atom. The minimum absolute atomic E-state index is 0.169. The normalized spacial score (nSPS) is 15.3. The van der Waals surface area contributed by atoms with Crippen molar-refractivity contribution in [2.75, 3.05) is 59.0 Å². The molecular weight excluding hydrogens is 1450 g/mol. The van der Waals surface area contributed by atoms with Gasteiger partial charge in [0.1, 0.15) is 21.0 Å². The fourth-order valence-corrected chi connectivity index (χ4v) is 21.9. The van der Waals surface area contributed by atoms with Crippen LogP contribution in [-0.4, -0.2) is 121 Å². The summed E-state index contributed by atoms with van der Waals surface area (Å²) in [5.41, 5.74) is 19.6. The van der Waals surface area contributed by atoms with Gasteiger partial charge in [0, 0.05) is 179 Å². The van der Waals surface area contributed by atoms with Gasteiger partial charge in [0.2, 0.25) is 23.6 Å². The number of para-hydroxylation sites is 4. The summed E-state index contributed by atoms with van der Waals surface area (Å²) in [7, 11) is 0. The molecular formula is C94H101FN8O4S4. The molecule has 0 saturated heterocycles. The number of halogens is 1. The smallest absolute Gasteiger partial charge is 0.240 e. The number of aryl methyl sites for hydroxylation is 1. The molecule has 8 heterocycles. The second-order valence-corrected chi connectivity index (χ2v) is 33.1. The third-order valence-electron chi connectivity index (χ3n) is 21.7. The molecule has 4 aliphatic rings. The molecule has 17 heteroatoms. The minimum Gasteiger partial charge on any atom is -0.342 e. The molecule has 0 aliphatic carbocycles. The zero-order valence-corrected chi connectivity index (χ0v) is 69.0.